The molecule has 0 heterocycles. The first kappa shape index (κ1) is 18.4. The predicted molar refractivity (Wildman–Crippen MR) is 71.6 cm³/mol. The van der Waals surface area contributed by atoms with Crippen LogP contribution in [-0.4, -0.2) is 24.1 Å². The number of aromatic hydroxyl groups is 1. The predicted octanol–water partition coefficient (Wildman–Crippen LogP) is 0.310. The largest absolute Gasteiger partial charge is 0.508 e. The van der Waals surface area contributed by atoms with E-state index in [1.165, 1.54) is 12.1 Å². The molecule has 0 aliphatic carbocycles. The molecular formula is C10H17Cl2N3O2. The summed E-state index contributed by atoms with van der Waals surface area (Å²) >= 11 is 0. The molecule has 0 aliphatic heterocycles. The molecule has 0 saturated carbocycles. The Morgan fingerprint density at radius 1 is 1.29 bits per heavy atom. The zero-order valence-corrected chi connectivity index (χ0v) is 10.8. The van der Waals surface area contributed by atoms with Gasteiger partial charge in [-0.15, -0.1) is 24.8 Å². The standard InChI is InChI=1S/C10H15N3O2.2ClH/c11-5-6-13-10(15)9(12)7-1-3-8(14)4-2-7;;/h1-4,9,14H,5-6,11-12H2,(H,13,15);2*1H/t9-;;/m0../s1. The van der Waals surface area contributed by atoms with Gasteiger partial charge in [0.1, 0.15) is 11.8 Å². The highest BCUT2D eigenvalue weighted by atomic mass is 35.5. The fraction of sp³-hybridized carbons (Fsp3) is 0.300. The van der Waals surface area contributed by atoms with Crippen molar-refractivity contribution in [2.24, 2.45) is 11.5 Å². The molecule has 6 N–H and O–H groups in total. The summed E-state index contributed by atoms with van der Waals surface area (Å²) in [6.45, 7) is 0.790. The van der Waals surface area contributed by atoms with Crippen molar-refractivity contribution in [3.63, 3.8) is 0 Å². The number of hydrogen-bond donors (Lipinski definition) is 4. The smallest absolute Gasteiger partial charge is 0.241 e. The van der Waals surface area contributed by atoms with Crippen molar-refractivity contribution in [1.29, 1.82) is 0 Å². The molecule has 1 atom stereocenters. The van der Waals surface area contributed by atoms with Crippen molar-refractivity contribution in [2.75, 3.05) is 13.1 Å². The average Bonchev–Trinajstić information content (AvgIpc) is 2.26. The third kappa shape index (κ3) is 5.74. The molecule has 1 aromatic carbocycles. The highest BCUT2D eigenvalue weighted by Crippen LogP contribution is 2.14. The maximum atomic E-state index is 11.4. The number of phenolic OH excluding ortho intramolecular Hbond substituents is 1. The minimum absolute atomic E-state index is 0. The molecule has 0 aromatic heterocycles. The first-order valence-electron chi connectivity index (χ1n) is 4.67. The first-order chi connectivity index (χ1) is 7.15. The molecule has 0 spiro atoms. The monoisotopic (exact) mass is 281 g/mol. The summed E-state index contributed by atoms with van der Waals surface area (Å²) in [5, 5.41) is 11.7. The van der Waals surface area contributed by atoms with Gasteiger partial charge in [0.05, 0.1) is 0 Å². The second kappa shape index (κ2) is 9.07. The molecule has 0 fully saturated rings. The molecule has 98 valence electrons. The van der Waals surface area contributed by atoms with E-state index in [2.05, 4.69) is 5.32 Å². The summed E-state index contributed by atoms with van der Waals surface area (Å²) in [4.78, 5) is 11.4. The van der Waals surface area contributed by atoms with Gasteiger partial charge in [-0.25, -0.2) is 0 Å². The van der Waals surface area contributed by atoms with Crippen molar-refractivity contribution in [3.8, 4) is 5.75 Å². The molecule has 17 heavy (non-hydrogen) atoms. The Kier molecular flexibility index (Phi) is 9.79. The first-order valence-corrected chi connectivity index (χ1v) is 4.67. The lowest BCUT2D eigenvalue weighted by Gasteiger charge is -2.11. The fourth-order valence-corrected chi connectivity index (χ4v) is 1.14. The summed E-state index contributed by atoms with van der Waals surface area (Å²) in [5.74, 6) is -0.126. The van der Waals surface area contributed by atoms with Crippen LogP contribution in [0.15, 0.2) is 24.3 Å². The van der Waals surface area contributed by atoms with Crippen molar-refractivity contribution < 1.29 is 9.90 Å². The van der Waals surface area contributed by atoms with Gasteiger partial charge in [-0.2, -0.15) is 0 Å². The van der Waals surface area contributed by atoms with Gasteiger partial charge >= 0.3 is 0 Å². The van der Waals surface area contributed by atoms with Gasteiger partial charge in [-0.05, 0) is 17.7 Å². The molecule has 0 bridgehead atoms. The van der Waals surface area contributed by atoms with Gasteiger partial charge in [-0.1, -0.05) is 12.1 Å². The average molecular weight is 282 g/mol. The van der Waals surface area contributed by atoms with E-state index in [0.29, 0.717) is 18.7 Å². The summed E-state index contributed by atoms with van der Waals surface area (Å²) < 4.78 is 0. The second-order valence-electron chi connectivity index (χ2n) is 3.15. The lowest BCUT2D eigenvalue weighted by molar-refractivity contribution is -0.122. The lowest BCUT2D eigenvalue weighted by atomic mass is 10.1. The van der Waals surface area contributed by atoms with E-state index >= 15 is 0 Å². The van der Waals surface area contributed by atoms with Crippen molar-refractivity contribution in [2.45, 2.75) is 6.04 Å². The van der Waals surface area contributed by atoms with E-state index in [1.54, 1.807) is 12.1 Å². The van der Waals surface area contributed by atoms with Crippen LogP contribution in [0.4, 0.5) is 0 Å². The van der Waals surface area contributed by atoms with Gasteiger partial charge in [0.25, 0.3) is 0 Å². The number of nitrogens with two attached hydrogens (primary N) is 2. The molecule has 0 radical (unpaired) electrons. The Morgan fingerprint density at radius 2 is 1.82 bits per heavy atom. The molecule has 1 rings (SSSR count). The third-order valence-corrected chi connectivity index (χ3v) is 1.98. The number of hydrogen-bond acceptors (Lipinski definition) is 4. The third-order valence-electron chi connectivity index (χ3n) is 1.98. The highest BCUT2D eigenvalue weighted by Gasteiger charge is 2.14. The SMILES string of the molecule is Cl.Cl.NCCNC(=O)[C@@H](N)c1ccc(O)cc1. The van der Waals surface area contributed by atoms with Crippen LogP contribution in [0.5, 0.6) is 5.75 Å². The highest BCUT2D eigenvalue weighted by molar-refractivity contribution is 5.85. The summed E-state index contributed by atoms with van der Waals surface area (Å²) in [7, 11) is 0. The van der Waals surface area contributed by atoms with Crippen LogP contribution in [0.2, 0.25) is 0 Å². The summed E-state index contributed by atoms with van der Waals surface area (Å²) in [5.41, 5.74) is 11.6. The van der Waals surface area contributed by atoms with Crippen molar-refractivity contribution in [3.05, 3.63) is 29.8 Å². The maximum absolute atomic E-state index is 11.4. The number of halogens is 2. The number of carbonyl (C=O) groups is 1. The van der Waals surface area contributed by atoms with E-state index < -0.39 is 6.04 Å². The van der Waals surface area contributed by atoms with Gasteiger partial charge in [0.15, 0.2) is 0 Å². The van der Waals surface area contributed by atoms with Crippen LogP contribution in [0.3, 0.4) is 0 Å². The molecule has 0 unspecified atom stereocenters. The van der Waals surface area contributed by atoms with Crippen LogP contribution in [0, 0.1) is 0 Å². The molecule has 0 saturated heterocycles. The van der Waals surface area contributed by atoms with Gasteiger partial charge in [0.2, 0.25) is 5.91 Å². The van der Waals surface area contributed by atoms with Crippen LogP contribution < -0.4 is 16.8 Å². The Labute approximate surface area is 112 Å². The van der Waals surface area contributed by atoms with Crippen LogP contribution >= 0.6 is 24.8 Å². The normalized spacial score (nSPS) is 10.7. The second-order valence-corrected chi connectivity index (χ2v) is 3.15. The number of phenols is 1. The lowest BCUT2D eigenvalue weighted by Crippen LogP contribution is -2.36. The molecule has 0 aliphatic rings. The van der Waals surface area contributed by atoms with E-state index in [9.17, 15) is 4.79 Å². The van der Waals surface area contributed by atoms with Crippen LogP contribution in [0.1, 0.15) is 11.6 Å². The topological polar surface area (TPSA) is 101 Å². The zero-order valence-electron chi connectivity index (χ0n) is 9.13. The molecule has 5 nitrogen and oxygen atoms in total. The van der Waals surface area contributed by atoms with Gasteiger partial charge in [0, 0.05) is 13.1 Å². The van der Waals surface area contributed by atoms with Gasteiger partial charge in [-0.3, -0.25) is 4.79 Å². The Hall–Kier alpha value is -1.01. The van der Waals surface area contributed by atoms with E-state index in [1.807, 2.05) is 0 Å². The van der Waals surface area contributed by atoms with Gasteiger partial charge < -0.3 is 21.9 Å². The van der Waals surface area contributed by atoms with E-state index in [0.717, 1.165) is 0 Å². The summed E-state index contributed by atoms with van der Waals surface area (Å²) in [6, 6.07) is 5.48. The maximum Gasteiger partial charge on any atom is 0.241 e. The number of amides is 1. The fourth-order valence-electron chi connectivity index (χ4n) is 1.14. The number of benzene rings is 1. The molecule has 1 amide bonds. The van der Waals surface area contributed by atoms with E-state index in [4.69, 9.17) is 16.6 Å². The summed E-state index contributed by atoms with van der Waals surface area (Å²) in [6.07, 6.45) is 0. The van der Waals surface area contributed by atoms with Crippen molar-refractivity contribution in [1.82, 2.24) is 5.32 Å². The zero-order chi connectivity index (χ0) is 11.3. The molecule has 7 heteroatoms. The molecular weight excluding hydrogens is 265 g/mol. The quantitative estimate of drug-likeness (QED) is 0.638. The van der Waals surface area contributed by atoms with E-state index in [-0.39, 0.29) is 36.5 Å². The number of carbonyl (C=O) groups excluding carboxylic acids is 1. The van der Waals surface area contributed by atoms with Crippen LogP contribution in [-0.2, 0) is 4.79 Å². The van der Waals surface area contributed by atoms with Crippen molar-refractivity contribution >= 4 is 30.7 Å². The minimum atomic E-state index is -0.725. The van der Waals surface area contributed by atoms with Crippen LogP contribution in [0.25, 0.3) is 0 Å². The molecule has 1 aromatic rings. The Balaban J connectivity index is 0. The Morgan fingerprint density at radius 3 is 2.29 bits per heavy atom. The Bertz CT molecular complexity index is 333. The number of nitrogens with one attached hydrogen (secondary N) is 1. The number of rotatable bonds is 4. The minimum Gasteiger partial charge on any atom is -0.508 e.